The molecule has 10 N–H and O–H groups in total. The number of amides is 4. The van der Waals surface area contributed by atoms with Gasteiger partial charge < -0.3 is 27.6 Å². The lowest BCUT2D eigenvalue weighted by Gasteiger charge is -2.25. The van der Waals surface area contributed by atoms with Crippen molar-refractivity contribution in [2.45, 2.75) is 44.2 Å². The number of carbonyl (C=O) groups is 4. The van der Waals surface area contributed by atoms with Crippen LogP contribution in [0, 0.1) is 5.92 Å². The predicted molar refractivity (Wildman–Crippen MR) is 86.6 cm³/mol. The van der Waals surface area contributed by atoms with E-state index in [1.54, 1.807) is 0 Å². The van der Waals surface area contributed by atoms with Gasteiger partial charge in [-0.25, -0.2) is 10.2 Å². The second-order valence-electron chi connectivity index (χ2n) is 5.70. The molecule has 0 saturated heterocycles. The number of aliphatic imine (C=N–C) groups is 1. The van der Waals surface area contributed by atoms with E-state index in [1.807, 2.05) is 0 Å². The Balaban J connectivity index is 2.38. The maximum absolute atomic E-state index is 12.0. The molecule has 0 aromatic rings. The van der Waals surface area contributed by atoms with Gasteiger partial charge in [-0.15, -0.1) is 0 Å². The van der Waals surface area contributed by atoms with Gasteiger partial charge in [0, 0.05) is 5.92 Å². The van der Waals surface area contributed by atoms with Crippen LogP contribution >= 0.6 is 0 Å². The summed E-state index contributed by atoms with van der Waals surface area (Å²) in [5, 5.41) is 10.7. The van der Waals surface area contributed by atoms with E-state index in [1.165, 1.54) is 0 Å². The highest BCUT2D eigenvalue weighted by atomic mass is 16.4. The molecule has 1 aliphatic rings. The van der Waals surface area contributed by atoms with E-state index in [-0.39, 0.29) is 17.9 Å². The highest BCUT2D eigenvalue weighted by Gasteiger charge is 2.27. The molecule has 0 aromatic heterocycles. The average Bonchev–Trinajstić information content (AvgIpc) is 2.51. The third kappa shape index (κ3) is 7.37. The fourth-order valence-electron chi connectivity index (χ4n) is 2.49. The molecule has 12 nitrogen and oxygen atoms in total. The zero-order valence-corrected chi connectivity index (χ0v) is 13.5. The predicted octanol–water partition coefficient (Wildman–Crippen LogP) is -2.52. The minimum Gasteiger partial charge on any atom is -0.481 e. The second kappa shape index (κ2) is 9.30. The highest BCUT2D eigenvalue weighted by Crippen LogP contribution is 2.26. The Kier molecular flexibility index (Phi) is 7.43. The van der Waals surface area contributed by atoms with Crippen molar-refractivity contribution in [3.8, 4) is 0 Å². The van der Waals surface area contributed by atoms with Crippen LogP contribution in [0.25, 0.3) is 0 Å². The molecule has 1 saturated carbocycles. The molecular weight excluding hydrogens is 334 g/mol. The van der Waals surface area contributed by atoms with Crippen molar-refractivity contribution in [2.75, 3.05) is 0 Å². The number of primary amides is 1. The molecule has 0 spiro atoms. The molecule has 1 aliphatic carbocycles. The number of guanidine groups is 1. The smallest absolute Gasteiger partial charge is 0.334 e. The summed E-state index contributed by atoms with van der Waals surface area (Å²) in [5.41, 5.74) is 19.9. The van der Waals surface area contributed by atoms with Crippen LogP contribution < -0.4 is 33.4 Å². The van der Waals surface area contributed by atoms with Crippen LogP contribution in [0.2, 0.25) is 0 Å². The van der Waals surface area contributed by atoms with Gasteiger partial charge in [0.1, 0.15) is 6.04 Å². The van der Waals surface area contributed by atoms with Crippen molar-refractivity contribution in [3.05, 3.63) is 0 Å². The SMILES string of the molecule is NC(=O)[C@H](CC(=O)O)NC(=O)NNC(=O)C1CCC(N=C(N)N)CC1. The molecule has 0 heterocycles. The van der Waals surface area contributed by atoms with Crippen LogP contribution in [0.15, 0.2) is 4.99 Å². The van der Waals surface area contributed by atoms with Crippen molar-refractivity contribution in [2.24, 2.45) is 28.1 Å². The summed E-state index contributed by atoms with van der Waals surface area (Å²) in [6.07, 6.45) is 1.74. The number of hydrogen-bond donors (Lipinski definition) is 7. The number of rotatable bonds is 6. The van der Waals surface area contributed by atoms with Crippen LogP contribution in [0.5, 0.6) is 0 Å². The zero-order valence-electron chi connectivity index (χ0n) is 13.5. The monoisotopic (exact) mass is 357 g/mol. The molecular formula is C13H23N7O5. The standard InChI is InChI=1S/C13H23N7O5/c14-10(23)8(5-9(21)22)18-13(25)20-19-11(24)6-1-3-7(4-2-6)17-12(15)16/h6-8H,1-5H2,(H2,14,23)(H,19,24)(H,21,22)(H4,15,16,17)(H2,18,20,25)/t6?,7?,8-/m0/s1. The van der Waals surface area contributed by atoms with Crippen LogP contribution in [-0.2, 0) is 14.4 Å². The fraction of sp³-hybridized carbons (Fsp3) is 0.615. The molecule has 12 heteroatoms. The molecule has 0 radical (unpaired) electrons. The van der Waals surface area contributed by atoms with Crippen LogP contribution in [-0.4, -0.2) is 47.0 Å². The Morgan fingerprint density at radius 1 is 1.04 bits per heavy atom. The van der Waals surface area contributed by atoms with Crippen molar-refractivity contribution in [3.63, 3.8) is 0 Å². The average molecular weight is 357 g/mol. The molecule has 0 unspecified atom stereocenters. The third-order valence-electron chi connectivity index (χ3n) is 3.73. The van der Waals surface area contributed by atoms with Gasteiger partial charge in [0.25, 0.3) is 0 Å². The minimum atomic E-state index is -1.38. The van der Waals surface area contributed by atoms with Crippen molar-refractivity contribution >= 4 is 29.8 Å². The summed E-state index contributed by atoms with van der Waals surface area (Å²) >= 11 is 0. The van der Waals surface area contributed by atoms with Crippen molar-refractivity contribution < 1.29 is 24.3 Å². The lowest BCUT2D eigenvalue weighted by molar-refractivity contribution is -0.139. The van der Waals surface area contributed by atoms with Crippen molar-refractivity contribution in [1.82, 2.24) is 16.2 Å². The first kappa shape index (κ1) is 20.0. The summed E-state index contributed by atoms with van der Waals surface area (Å²) in [6.45, 7) is 0. The number of nitrogens with two attached hydrogens (primary N) is 3. The largest absolute Gasteiger partial charge is 0.481 e. The lowest BCUT2D eigenvalue weighted by atomic mass is 9.86. The third-order valence-corrected chi connectivity index (χ3v) is 3.73. The van der Waals surface area contributed by atoms with E-state index in [2.05, 4.69) is 21.2 Å². The maximum atomic E-state index is 12.0. The number of hydrogen-bond acceptors (Lipinski definition) is 5. The van der Waals surface area contributed by atoms with E-state index >= 15 is 0 Å². The summed E-state index contributed by atoms with van der Waals surface area (Å²) in [7, 11) is 0. The van der Waals surface area contributed by atoms with Crippen LogP contribution in [0.1, 0.15) is 32.1 Å². The molecule has 1 fully saturated rings. The van der Waals surface area contributed by atoms with E-state index in [0.717, 1.165) is 0 Å². The van der Waals surface area contributed by atoms with E-state index in [0.29, 0.717) is 25.7 Å². The maximum Gasteiger partial charge on any atom is 0.334 e. The van der Waals surface area contributed by atoms with Gasteiger partial charge in [-0.3, -0.25) is 24.8 Å². The van der Waals surface area contributed by atoms with Crippen molar-refractivity contribution in [1.29, 1.82) is 0 Å². The number of carboxylic acids is 1. The molecule has 4 amide bonds. The number of urea groups is 1. The lowest BCUT2D eigenvalue weighted by Crippen LogP contribution is -2.54. The van der Waals surface area contributed by atoms with E-state index in [9.17, 15) is 19.2 Å². The number of carbonyl (C=O) groups excluding carboxylic acids is 3. The number of carboxylic acid groups (broad SMARTS) is 1. The molecule has 0 aromatic carbocycles. The number of nitrogens with one attached hydrogen (secondary N) is 3. The van der Waals surface area contributed by atoms with Gasteiger partial charge in [0.15, 0.2) is 5.96 Å². The number of hydrazine groups is 1. The Hall–Kier alpha value is -3.05. The molecule has 0 aliphatic heterocycles. The first-order valence-corrected chi connectivity index (χ1v) is 7.65. The Morgan fingerprint density at radius 2 is 1.64 bits per heavy atom. The molecule has 140 valence electrons. The normalized spacial score (nSPS) is 20.6. The van der Waals surface area contributed by atoms with Gasteiger partial charge in [0.2, 0.25) is 11.8 Å². The molecule has 25 heavy (non-hydrogen) atoms. The van der Waals surface area contributed by atoms with Crippen LogP contribution in [0.4, 0.5) is 4.79 Å². The van der Waals surface area contributed by atoms with Gasteiger partial charge >= 0.3 is 12.0 Å². The number of aliphatic carboxylic acids is 1. The van der Waals surface area contributed by atoms with E-state index < -0.39 is 36.3 Å². The van der Waals surface area contributed by atoms with Gasteiger partial charge in [-0.05, 0) is 25.7 Å². The zero-order chi connectivity index (χ0) is 19.0. The Bertz CT molecular complexity index is 553. The van der Waals surface area contributed by atoms with Gasteiger partial charge in [0.05, 0.1) is 12.5 Å². The van der Waals surface area contributed by atoms with E-state index in [4.69, 9.17) is 22.3 Å². The van der Waals surface area contributed by atoms with Crippen LogP contribution in [0.3, 0.4) is 0 Å². The summed E-state index contributed by atoms with van der Waals surface area (Å²) < 4.78 is 0. The summed E-state index contributed by atoms with van der Waals surface area (Å²) in [4.78, 5) is 49.3. The Morgan fingerprint density at radius 3 is 2.12 bits per heavy atom. The number of nitrogens with zero attached hydrogens (tertiary/aromatic N) is 1. The second-order valence-corrected chi connectivity index (χ2v) is 5.70. The quantitative estimate of drug-likeness (QED) is 0.153. The molecule has 1 atom stereocenters. The van der Waals surface area contributed by atoms with Gasteiger partial charge in [-0.2, -0.15) is 0 Å². The first-order chi connectivity index (χ1) is 11.7. The fourth-order valence-corrected chi connectivity index (χ4v) is 2.49. The topological polar surface area (TPSA) is 215 Å². The summed E-state index contributed by atoms with van der Waals surface area (Å²) in [5.74, 6) is -2.99. The molecule has 0 bridgehead atoms. The molecule has 1 rings (SSSR count). The minimum absolute atomic E-state index is 0.0107. The Labute approximate surface area is 143 Å². The van der Waals surface area contributed by atoms with Gasteiger partial charge in [-0.1, -0.05) is 0 Å². The first-order valence-electron chi connectivity index (χ1n) is 7.65. The highest BCUT2D eigenvalue weighted by molar-refractivity contribution is 5.90. The summed E-state index contributed by atoms with van der Waals surface area (Å²) in [6, 6.07) is -2.34.